The topological polar surface area (TPSA) is 48.5 Å². The molecule has 3 heterocycles. The number of aryl methyl sites for hydroxylation is 2. The Hall–Kier alpha value is -1.88. The van der Waals surface area contributed by atoms with Gasteiger partial charge in [0.25, 0.3) is 0 Å². The van der Waals surface area contributed by atoms with E-state index in [-0.39, 0.29) is 0 Å². The average Bonchev–Trinajstić information content (AvgIpc) is 2.97. The van der Waals surface area contributed by atoms with Crippen molar-refractivity contribution in [3.8, 4) is 5.69 Å². The average molecular weight is 276 g/mol. The summed E-state index contributed by atoms with van der Waals surface area (Å²) in [6.45, 7) is 2.08. The van der Waals surface area contributed by atoms with Gasteiger partial charge in [0.1, 0.15) is 11.3 Å². The second-order valence-electron chi connectivity index (χ2n) is 4.33. The van der Waals surface area contributed by atoms with E-state index in [1.165, 1.54) is 0 Å². The molecule has 98 valence electrons. The second kappa shape index (κ2) is 4.66. The first kappa shape index (κ1) is 12.2. The van der Waals surface area contributed by atoms with E-state index >= 15 is 0 Å². The van der Waals surface area contributed by atoms with E-state index in [1.807, 2.05) is 29.9 Å². The number of pyridine rings is 1. The fourth-order valence-electron chi connectivity index (χ4n) is 2.26. The predicted octanol–water partition coefficient (Wildman–Crippen LogP) is 2.46. The molecule has 3 rings (SSSR count). The molecular formula is C13H14ClN5. The summed E-state index contributed by atoms with van der Waals surface area (Å²) in [4.78, 5) is 8.94. The quantitative estimate of drug-likeness (QED) is 0.690. The van der Waals surface area contributed by atoms with Crippen molar-refractivity contribution < 1.29 is 0 Å². The largest absolute Gasteiger partial charge is 0.276 e. The van der Waals surface area contributed by atoms with Crippen LogP contribution in [-0.4, -0.2) is 24.3 Å². The van der Waals surface area contributed by atoms with Gasteiger partial charge in [-0.25, -0.2) is 9.97 Å². The van der Waals surface area contributed by atoms with Crippen LogP contribution in [0.3, 0.4) is 0 Å². The van der Waals surface area contributed by atoms with Gasteiger partial charge >= 0.3 is 0 Å². The van der Waals surface area contributed by atoms with Gasteiger partial charge in [-0.2, -0.15) is 5.10 Å². The standard InChI is InChI=1S/C13H14ClN5/c1-3-9-11(8-18(2)17-9)19-12(7-14)16-10-5-4-6-15-13(10)19/h4-6,8H,3,7H2,1-2H3. The highest BCUT2D eigenvalue weighted by Crippen LogP contribution is 2.23. The van der Waals surface area contributed by atoms with Crippen molar-refractivity contribution >= 4 is 22.8 Å². The lowest BCUT2D eigenvalue weighted by Crippen LogP contribution is -2.02. The number of fused-ring (bicyclic) bond motifs is 1. The highest BCUT2D eigenvalue weighted by atomic mass is 35.5. The smallest absolute Gasteiger partial charge is 0.164 e. The third-order valence-electron chi connectivity index (χ3n) is 3.06. The Morgan fingerprint density at radius 3 is 2.95 bits per heavy atom. The van der Waals surface area contributed by atoms with Crippen LogP contribution in [0, 0.1) is 0 Å². The minimum Gasteiger partial charge on any atom is -0.276 e. The van der Waals surface area contributed by atoms with Crippen molar-refractivity contribution in [3.63, 3.8) is 0 Å². The van der Waals surface area contributed by atoms with E-state index in [2.05, 4.69) is 22.0 Å². The first-order valence-electron chi connectivity index (χ1n) is 6.15. The van der Waals surface area contributed by atoms with Crippen LogP contribution in [0.2, 0.25) is 0 Å². The molecule has 0 N–H and O–H groups in total. The van der Waals surface area contributed by atoms with Crippen molar-refractivity contribution in [2.75, 3.05) is 0 Å². The van der Waals surface area contributed by atoms with Gasteiger partial charge in [0.05, 0.1) is 17.3 Å². The maximum atomic E-state index is 6.02. The van der Waals surface area contributed by atoms with E-state index in [4.69, 9.17) is 11.6 Å². The van der Waals surface area contributed by atoms with Crippen molar-refractivity contribution in [2.24, 2.45) is 7.05 Å². The number of hydrogen-bond acceptors (Lipinski definition) is 3. The molecule has 3 aromatic rings. The number of nitrogens with zero attached hydrogens (tertiary/aromatic N) is 5. The molecule has 6 heteroatoms. The Kier molecular flexibility index (Phi) is 2.98. The molecule has 0 aromatic carbocycles. The number of aromatic nitrogens is 5. The summed E-state index contributed by atoms with van der Waals surface area (Å²) in [6, 6.07) is 3.82. The van der Waals surface area contributed by atoms with Crippen LogP contribution >= 0.6 is 11.6 Å². The monoisotopic (exact) mass is 275 g/mol. The molecule has 3 aromatic heterocycles. The lowest BCUT2D eigenvalue weighted by molar-refractivity contribution is 0.746. The molecule has 0 aliphatic carbocycles. The van der Waals surface area contributed by atoms with Crippen LogP contribution in [0.5, 0.6) is 0 Å². The van der Waals surface area contributed by atoms with E-state index in [9.17, 15) is 0 Å². The van der Waals surface area contributed by atoms with Crippen LogP contribution in [-0.2, 0) is 19.3 Å². The van der Waals surface area contributed by atoms with Crippen molar-refractivity contribution in [3.05, 3.63) is 36.0 Å². The summed E-state index contributed by atoms with van der Waals surface area (Å²) in [7, 11) is 1.91. The molecule has 0 bridgehead atoms. The SMILES string of the molecule is CCc1nn(C)cc1-n1c(CCl)nc2cccnc21. The van der Waals surface area contributed by atoms with Gasteiger partial charge in [-0.15, -0.1) is 11.6 Å². The zero-order chi connectivity index (χ0) is 13.4. The molecule has 0 unspecified atom stereocenters. The molecule has 0 aliphatic heterocycles. The maximum Gasteiger partial charge on any atom is 0.164 e. The molecule has 0 aliphatic rings. The highest BCUT2D eigenvalue weighted by molar-refractivity contribution is 6.16. The van der Waals surface area contributed by atoms with Gasteiger partial charge in [-0.05, 0) is 18.6 Å². The third kappa shape index (κ3) is 1.90. The van der Waals surface area contributed by atoms with Crippen LogP contribution < -0.4 is 0 Å². The summed E-state index contributed by atoms with van der Waals surface area (Å²) < 4.78 is 3.80. The summed E-state index contributed by atoms with van der Waals surface area (Å²) in [6.07, 6.45) is 4.59. The van der Waals surface area contributed by atoms with Gasteiger partial charge in [0.2, 0.25) is 0 Å². The molecule has 19 heavy (non-hydrogen) atoms. The molecule has 5 nitrogen and oxygen atoms in total. The number of imidazole rings is 1. The Morgan fingerprint density at radius 2 is 2.21 bits per heavy atom. The van der Waals surface area contributed by atoms with Gasteiger partial charge in [-0.1, -0.05) is 6.92 Å². The lowest BCUT2D eigenvalue weighted by atomic mass is 10.3. The summed E-state index contributed by atoms with van der Waals surface area (Å²) >= 11 is 6.02. The molecule has 0 spiro atoms. The fraction of sp³-hybridized carbons (Fsp3) is 0.308. The van der Waals surface area contributed by atoms with Crippen molar-refractivity contribution in [2.45, 2.75) is 19.2 Å². The molecule has 0 radical (unpaired) electrons. The molecule has 0 atom stereocenters. The fourth-order valence-corrected chi connectivity index (χ4v) is 2.44. The number of hydrogen-bond donors (Lipinski definition) is 0. The van der Waals surface area contributed by atoms with Gasteiger partial charge < -0.3 is 0 Å². The lowest BCUT2D eigenvalue weighted by Gasteiger charge is -2.05. The van der Waals surface area contributed by atoms with Crippen LogP contribution in [0.1, 0.15) is 18.4 Å². The summed E-state index contributed by atoms with van der Waals surface area (Å²) in [5, 5.41) is 4.46. The van der Waals surface area contributed by atoms with Crippen LogP contribution in [0.15, 0.2) is 24.5 Å². The van der Waals surface area contributed by atoms with E-state index in [0.29, 0.717) is 5.88 Å². The van der Waals surface area contributed by atoms with Crippen LogP contribution in [0.25, 0.3) is 16.9 Å². The number of rotatable bonds is 3. The molecule has 0 fully saturated rings. The van der Waals surface area contributed by atoms with E-state index < -0.39 is 0 Å². The maximum absolute atomic E-state index is 6.02. The Morgan fingerprint density at radius 1 is 1.37 bits per heavy atom. The van der Waals surface area contributed by atoms with Crippen molar-refractivity contribution in [1.82, 2.24) is 24.3 Å². The third-order valence-corrected chi connectivity index (χ3v) is 3.30. The predicted molar refractivity (Wildman–Crippen MR) is 74.6 cm³/mol. The highest BCUT2D eigenvalue weighted by Gasteiger charge is 2.16. The number of halogens is 1. The first-order valence-corrected chi connectivity index (χ1v) is 6.69. The van der Waals surface area contributed by atoms with Crippen LogP contribution in [0.4, 0.5) is 0 Å². The normalized spacial score (nSPS) is 11.3. The zero-order valence-corrected chi connectivity index (χ0v) is 11.6. The summed E-state index contributed by atoms with van der Waals surface area (Å²) in [5.74, 6) is 1.13. The minimum atomic E-state index is 0.342. The second-order valence-corrected chi connectivity index (χ2v) is 4.60. The molecule has 0 saturated carbocycles. The minimum absolute atomic E-state index is 0.342. The molecule has 0 amide bonds. The van der Waals surface area contributed by atoms with E-state index in [0.717, 1.165) is 34.8 Å². The molecular weight excluding hydrogens is 262 g/mol. The van der Waals surface area contributed by atoms with E-state index in [1.54, 1.807) is 10.9 Å². The molecule has 0 saturated heterocycles. The van der Waals surface area contributed by atoms with Gasteiger partial charge in [0.15, 0.2) is 5.65 Å². The first-order chi connectivity index (χ1) is 9.24. The Bertz CT molecular complexity index is 728. The van der Waals surface area contributed by atoms with Gasteiger partial charge in [0, 0.05) is 19.4 Å². The zero-order valence-electron chi connectivity index (χ0n) is 10.8. The Labute approximate surface area is 115 Å². The number of alkyl halides is 1. The van der Waals surface area contributed by atoms with Crippen molar-refractivity contribution in [1.29, 1.82) is 0 Å². The van der Waals surface area contributed by atoms with Gasteiger partial charge in [-0.3, -0.25) is 9.25 Å². The Balaban J connectivity index is 2.34. The summed E-state index contributed by atoms with van der Waals surface area (Å²) in [5.41, 5.74) is 3.69.